The third-order valence-corrected chi connectivity index (χ3v) is 7.82. The smallest absolute Gasteiger partial charge is 0.309 e. The van der Waals surface area contributed by atoms with Crippen molar-refractivity contribution < 1.29 is 27.7 Å². The molecule has 33 heavy (non-hydrogen) atoms. The number of hydrogen-bond donors (Lipinski definition) is 1. The van der Waals surface area contributed by atoms with E-state index in [2.05, 4.69) is 11.7 Å². The van der Waals surface area contributed by atoms with Gasteiger partial charge in [0, 0.05) is 30.2 Å². The summed E-state index contributed by atoms with van der Waals surface area (Å²) in [7, 11) is -2.16. The van der Waals surface area contributed by atoms with Gasteiger partial charge >= 0.3 is 5.97 Å². The van der Waals surface area contributed by atoms with Crippen molar-refractivity contribution in [2.45, 2.75) is 18.2 Å². The molecule has 4 rings (SSSR count). The molecule has 0 radical (unpaired) electrons. The molecule has 2 aliphatic heterocycles. The fourth-order valence-corrected chi connectivity index (χ4v) is 5.71. The Hall–Kier alpha value is -3.30. The molecule has 9 heteroatoms. The van der Waals surface area contributed by atoms with Crippen LogP contribution < -0.4 is 4.74 Å². The molecule has 0 amide bonds. The highest BCUT2D eigenvalue weighted by molar-refractivity contribution is 7.89. The van der Waals surface area contributed by atoms with Gasteiger partial charge in [0.25, 0.3) is 0 Å². The van der Waals surface area contributed by atoms with Gasteiger partial charge < -0.3 is 9.84 Å². The van der Waals surface area contributed by atoms with E-state index in [-0.39, 0.29) is 29.7 Å². The fourth-order valence-electron chi connectivity index (χ4n) is 4.20. The Labute approximate surface area is 193 Å². The number of aliphatic carboxylic acids is 1. The van der Waals surface area contributed by atoms with Crippen LogP contribution in [0.3, 0.4) is 0 Å². The summed E-state index contributed by atoms with van der Waals surface area (Å²) in [6.45, 7) is 6.43. The second-order valence-electron chi connectivity index (χ2n) is 8.19. The Morgan fingerprint density at radius 3 is 2.58 bits per heavy atom. The summed E-state index contributed by atoms with van der Waals surface area (Å²) in [6, 6.07) is 12.1. The monoisotopic (exact) mass is 468 g/mol. The quantitative estimate of drug-likeness (QED) is 0.497. The lowest BCUT2D eigenvalue weighted by Gasteiger charge is -2.16. The summed E-state index contributed by atoms with van der Waals surface area (Å²) in [5.41, 5.74) is 3.07. The van der Waals surface area contributed by atoms with Gasteiger partial charge in [-0.15, -0.1) is 6.58 Å². The number of aryl methyl sites for hydroxylation is 1. The van der Waals surface area contributed by atoms with Crippen LogP contribution in [0.4, 0.5) is 5.69 Å². The molecule has 2 aromatic rings. The average molecular weight is 469 g/mol. The summed E-state index contributed by atoms with van der Waals surface area (Å²) < 4.78 is 34.7. The molecule has 2 aromatic carbocycles. The highest BCUT2D eigenvalue weighted by Crippen LogP contribution is 2.32. The number of sulfonamides is 1. The molecular weight excluding hydrogens is 442 g/mol. The molecule has 1 unspecified atom stereocenters. The molecule has 1 fully saturated rings. The molecule has 0 aliphatic carbocycles. The molecule has 172 valence electrons. The first kappa shape index (κ1) is 22.9. The Bertz CT molecular complexity index is 1270. The van der Waals surface area contributed by atoms with Crippen molar-refractivity contribution >= 4 is 33.6 Å². The van der Waals surface area contributed by atoms with Gasteiger partial charge in [0.15, 0.2) is 6.21 Å². The molecular formula is C24H26N3O5S+. The van der Waals surface area contributed by atoms with Gasteiger partial charge in [0.05, 0.1) is 29.9 Å². The van der Waals surface area contributed by atoms with Gasteiger partial charge in [-0.25, -0.2) is 8.42 Å². The maximum absolute atomic E-state index is 13.2. The van der Waals surface area contributed by atoms with Crippen molar-refractivity contribution in [1.29, 1.82) is 0 Å². The third-order valence-electron chi connectivity index (χ3n) is 5.97. The van der Waals surface area contributed by atoms with E-state index in [4.69, 9.17) is 4.74 Å². The maximum atomic E-state index is 13.2. The maximum Gasteiger partial charge on any atom is 0.309 e. The molecule has 0 saturated carbocycles. The predicted molar refractivity (Wildman–Crippen MR) is 125 cm³/mol. The molecule has 1 saturated heterocycles. The SMILES string of the molecule is C=C[C@@H]1CN(S(=O)(=O)c2ccc(OC)cc2)CC1/C=[N+]1/N=C(CC(=O)O)c2ccc(C)cc21. The van der Waals surface area contributed by atoms with Crippen LogP contribution in [-0.2, 0) is 14.8 Å². The number of ether oxygens (including phenoxy) is 1. The first-order chi connectivity index (χ1) is 15.7. The van der Waals surface area contributed by atoms with E-state index in [1.54, 1.807) is 22.9 Å². The molecule has 1 N–H and O–H groups in total. The van der Waals surface area contributed by atoms with Crippen molar-refractivity contribution in [3.05, 3.63) is 66.2 Å². The second kappa shape index (κ2) is 8.92. The average Bonchev–Trinajstić information content (AvgIpc) is 3.35. The zero-order chi connectivity index (χ0) is 23.8. The van der Waals surface area contributed by atoms with Crippen LogP contribution in [0.25, 0.3) is 0 Å². The molecule has 0 bridgehead atoms. The second-order valence-corrected chi connectivity index (χ2v) is 10.1. The molecule has 0 spiro atoms. The minimum Gasteiger partial charge on any atom is -0.497 e. The Morgan fingerprint density at radius 2 is 1.94 bits per heavy atom. The number of methoxy groups -OCH3 is 1. The Kier molecular flexibility index (Phi) is 6.18. The van der Waals surface area contributed by atoms with Gasteiger partial charge in [-0.2, -0.15) is 4.31 Å². The van der Waals surface area contributed by atoms with Gasteiger partial charge in [-0.1, -0.05) is 16.8 Å². The minimum absolute atomic E-state index is 0.106. The van der Waals surface area contributed by atoms with Crippen molar-refractivity contribution in [1.82, 2.24) is 4.31 Å². The van der Waals surface area contributed by atoms with Crippen LogP contribution in [0.1, 0.15) is 17.5 Å². The van der Waals surface area contributed by atoms with Crippen LogP contribution in [0.2, 0.25) is 0 Å². The van der Waals surface area contributed by atoms with Crippen molar-refractivity contribution in [3.8, 4) is 5.75 Å². The zero-order valence-electron chi connectivity index (χ0n) is 18.5. The van der Waals surface area contributed by atoms with E-state index in [1.807, 2.05) is 31.3 Å². The summed E-state index contributed by atoms with van der Waals surface area (Å²) in [4.78, 5) is 11.5. The molecule has 0 aromatic heterocycles. The molecule has 2 heterocycles. The van der Waals surface area contributed by atoms with Crippen molar-refractivity contribution in [2.75, 3.05) is 20.2 Å². The number of fused-ring (bicyclic) bond motifs is 1. The molecule has 8 nitrogen and oxygen atoms in total. The topological polar surface area (TPSA) is 99.3 Å². The first-order valence-corrected chi connectivity index (χ1v) is 12.0. The Morgan fingerprint density at radius 1 is 1.24 bits per heavy atom. The van der Waals surface area contributed by atoms with E-state index >= 15 is 0 Å². The van der Waals surface area contributed by atoms with E-state index in [1.165, 1.54) is 23.5 Å². The van der Waals surface area contributed by atoms with Crippen LogP contribution in [-0.4, -0.2) is 60.6 Å². The van der Waals surface area contributed by atoms with E-state index in [0.29, 0.717) is 18.0 Å². The summed E-state index contributed by atoms with van der Waals surface area (Å²) in [6.07, 6.45) is 3.46. The number of hydrazone groups is 1. The van der Waals surface area contributed by atoms with Crippen molar-refractivity contribution in [2.24, 2.45) is 16.9 Å². The number of benzene rings is 2. The molecule has 2 atom stereocenters. The predicted octanol–water partition coefficient (Wildman–Crippen LogP) is 3.03. The number of carbonyl (C=O) groups is 1. The largest absolute Gasteiger partial charge is 0.497 e. The third kappa shape index (κ3) is 4.46. The van der Waals surface area contributed by atoms with Crippen LogP contribution in [0, 0.1) is 18.8 Å². The fraction of sp³-hybridized carbons (Fsp3) is 0.292. The summed E-state index contributed by atoms with van der Waals surface area (Å²) in [5, 5.41) is 13.8. The summed E-state index contributed by atoms with van der Waals surface area (Å²) in [5.74, 6) is -0.644. The van der Waals surface area contributed by atoms with E-state index < -0.39 is 16.0 Å². The number of rotatable bonds is 7. The highest BCUT2D eigenvalue weighted by Gasteiger charge is 2.40. The normalized spacial score (nSPS) is 21.6. The first-order valence-electron chi connectivity index (χ1n) is 10.5. The van der Waals surface area contributed by atoms with Gasteiger partial charge in [0.1, 0.15) is 11.5 Å². The van der Waals surface area contributed by atoms with Gasteiger partial charge in [0.2, 0.25) is 15.7 Å². The number of carboxylic acid groups (broad SMARTS) is 1. The lowest BCUT2D eigenvalue weighted by molar-refractivity contribution is -0.438. The summed E-state index contributed by atoms with van der Waals surface area (Å²) >= 11 is 0. The Balaban J connectivity index is 1.65. The number of nitrogens with zero attached hydrogens (tertiary/aromatic N) is 3. The van der Waals surface area contributed by atoms with E-state index in [0.717, 1.165) is 16.8 Å². The van der Waals surface area contributed by atoms with Crippen molar-refractivity contribution in [3.63, 3.8) is 0 Å². The van der Waals surface area contributed by atoms with Gasteiger partial charge in [-0.05, 0) is 42.8 Å². The lowest BCUT2D eigenvalue weighted by Crippen LogP contribution is -2.29. The lowest BCUT2D eigenvalue weighted by atomic mass is 9.97. The minimum atomic E-state index is -3.69. The van der Waals surface area contributed by atoms with Gasteiger partial charge in [-0.3, -0.25) is 4.79 Å². The molecule has 2 aliphatic rings. The zero-order valence-corrected chi connectivity index (χ0v) is 19.3. The standard InChI is InChI=1S/C24H25N3O5S/c1-4-17-13-26(33(30,31)20-8-6-19(32-3)7-9-20)14-18(17)15-27-23-11-16(2)5-10-21(23)22(25-27)12-24(28)29/h4-11,15,17-18H,1,12-14H2,2-3H3/p+1/b27-15+/t17-,18?/m1/s1. The van der Waals surface area contributed by atoms with Crippen LogP contribution in [0.5, 0.6) is 5.75 Å². The van der Waals surface area contributed by atoms with Crippen LogP contribution in [0.15, 0.2) is 65.1 Å². The van der Waals surface area contributed by atoms with Crippen LogP contribution >= 0.6 is 0 Å². The number of hydrogen-bond acceptors (Lipinski definition) is 5. The highest BCUT2D eigenvalue weighted by atomic mass is 32.2. The number of carboxylic acids is 1. The van der Waals surface area contributed by atoms with E-state index in [9.17, 15) is 18.3 Å².